The van der Waals surface area contributed by atoms with Crippen molar-refractivity contribution in [1.82, 2.24) is 40.3 Å². The van der Waals surface area contributed by atoms with Gasteiger partial charge < -0.3 is 15.2 Å². The molecule has 4 aromatic heterocycles. The second-order valence-corrected chi connectivity index (χ2v) is 9.01. The maximum absolute atomic E-state index is 12.6. The lowest BCUT2D eigenvalue weighted by molar-refractivity contribution is -0.123. The molecule has 11 heteroatoms. The molecule has 0 aromatic carbocycles. The number of H-pyrrole nitrogens is 2. The molecule has 0 fully saturated rings. The van der Waals surface area contributed by atoms with E-state index in [9.17, 15) is 9.59 Å². The van der Waals surface area contributed by atoms with Crippen LogP contribution in [0.5, 0.6) is 0 Å². The molecule has 1 unspecified atom stereocenters. The number of aliphatic imine (C=N–C) groups is 1. The number of amides is 2. The van der Waals surface area contributed by atoms with Gasteiger partial charge in [0.15, 0.2) is 11.5 Å². The molecular weight excluding hydrogens is 446 g/mol. The van der Waals surface area contributed by atoms with Crippen LogP contribution in [0, 0.1) is 5.92 Å². The minimum atomic E-state index is -0.176. The predicted molar refractivity (Wildman–Crippen MR) is 132 cm³/mol. The number of aromatic amines is 2. The lowest BCUT2D eigenvalue weighted by atomic mass is 9.94. The topological polar surface area (TPSA) is 145 Å². The SMILES string of the molecule is CC(C)C(=O)NC1=CN=CC(c2cnc3n[nH]c(-c4nc5c(C(=O)N(C)C)cncc5[nH]4)c3c2)C1. The van der Waals surface area contributed by atoms with Gasteiger partial charge in [-0.2, -0.15) is 5.10 Å². The van der Waals surface area contributed by atoms with Crippen molar-refractivity contribution in [3.05, 3.63) is 47.7 Å². The molecule has 5 rings (SSSR count). The van der Waals surface area contributed by atoms with E-state index in [1.54, 1.807) is 32.7 Å². The Bertz CT molecular complexity index is 1510. The number of fused-ring (bicyclic) bond motifs is 2. The van der Waals surface area contributed by atoms with Gasteiger partial charge in [-0.25, -0.2) is 9.97 Å². The molecule has 178 valence electrons. The third-order valence-electron chi connectivity index (χ3n) is 5.87. The molecular formula is C24H25N9O2. The monoisotopic (exact) mass is 471 g/mol. The fraction of sp³-hybridized carbons (Fsp3) is 0.292. The van der Waals surface area contributed by atoms with Crippen molar-refractivity contribution < 1.29 is 9.59 Å². The first kappa shape index (κ1) is 22.4. The zero-order chi connectivity index (χ0) is 24.7. The fourth-order valence-corrected chi connectivity index (χ4v) is 3.92. The molecule has 5 heterocycles. The maximum atomic E-state index is 12.6. The first-order valence-corrected chi connectivity index (χ1v) is 11.2. The molecule has 0 spiro atoms. The van der Waals surface area contributed by atoms with Crippen LogP contribution in [-0.2, 0) is 4.79 Å². The number of pyridine rings is 2. The van der Waals surface area contributed by atoms with E-state index in [4.69, 9.17) is 0 Å². The van der Waals surface area contributed by atoms with Crippen LogP contribution in [0.4, 0.5) is 0 Å². The molecule has 0 bridgehead atoms. The van der Waals surface area contributed by atoms with Gasteiger partial charge in [-0.3, -0.25) is 24.7 Å². The van der Waals surface area contributed by atoms with Crippen LogP contribution in [0.3, 0.4) is 0 Å². The Hall–Kier alpha value is -4.41. The van der Waals surface area contributed by atoms with E-state index >= 15 is 0 Å². The summed E-state index contributed by atoms with van der Waals surface area (Å²) in [5, 5.41) is 11.1. The highest BCUT2D eigenvalue weighted by molar-refractivity contribution is 6.05. The second-order valence-electron chi connectivity index (χ2n) is 9.01. The van der Waals surface area contributed by atoms with E-state index in [0.29, 0.717) is 40.2 Å². The molecule has 2 amide bonds. The first-order valence-electron chi connectivity index (χ1n) is 11.2. The van der Waals surface area contributed by atoms with Crippen molar-refractivity contribution in [3.63, 3.8) is 0 Å². The van der Waals surface area contributed by atoms with Crippen LogP contribution in [0.1, 0.15) is 42.1 Å². The van der Waals surface area contributed by atoms with Gasteiger partial charge in [-0.05, 0) is 11.6 Å². The van der Waals surface area contributed by atoms with Crippen molar-refractivity contribution in [1.29, 1.82) is 0 Å². The molecule has 35 heavy (non-hydrogen) atoms. The zero-order valence-electron chi connectivity index (χ0n) is 19.8. The van der Waals surface area contributed by atoms with Gasteiger partial charge in [0.05, 0.1) is 22.7 Å². The van der Waals surface area contributed by atoms with Crippen molar-refractivity contribution in [2.45, 2.75) is 26.2 Å². The lowest BCUT2D eigenvalue weighted by Gasteiger charge is -2.19. The average molecular weight is 472 g/mol. The largest absolute Gasteiger partial charge is 0.345 e. The summed E-state index contributed by atoms with van der Waals surface area (Å²) >= 11 is 0. The second kappa shape index (κ2) is 8.75. The van der Waals surface area contributed by atoms with Crippen LogP contribution in [0.25, 0.3) is 33.6 Å². The Balaban J connectivity index is 1.49. The van der Waals surface area contributed by atoms with Gasteiger partial charge in [0.2, 0.25) is 5.91 Å². The third-order valence-corrected chi connectivity index (χ3v) is 5.87. The third kappa shape index (κ3) is 4.16. The Kier molecular flexibility index (Phi) is 5.59. The summed E-state index contributed by atoms with van der Waals surface area (Å²) in [5.74, 6) is 0.156. The van der Waals surface area contributed by atoms with E-state index in [2.05, 4.69) is 40.4 Å². The van der Waals surface area contributed by atoms with Gasteiger partial charge >= 0.3 is 0 Å². The number of carbonyl (C=O) groups is 2. The molecule has 0 aliphatic carbocycles. The van der Waals surface area contributed by atoms with Crippen LogP contribution in [0.15, 0.2) is 41.5 Å². The maximum Gasteiger partial charge on any atom is 0.257 e. The molecule has 3 N–H and O–H groups in total. The number of rotatable bonds is 5. The predicted octanol–water partition coefficient (Wildman–Crippen LogP) is 2.77. The summed E-state index contributed by atoms with van der Waals surface area (Å²) in [6, 6.07) is 2.00. The molecule has 1 aliphatic rings. The minimum Gasteiger partial charge on any atom is -0.345 e. The number of hydrogen-bond donors (Lipinski definition) is 3. The highest BCUT2D eigenvalue weighted by atomic mass is 16.2. The summed E-state index contributed by atoms with van der Waals surface area (Å²) in [5.41, 5.74) is 4.51. The quantitative estimate of drug-likeness (QED) is 0.408. The molecule has 11 nitrogen and oxygen atoms in total. The number of imidazole rings is 1. The number of nitrogens with zero attached hydrogens (tertiary/aromatic N) is 6. The Morgan fingerprint density at radius 1 is 1.20 bits per heavy atom. The van der Waals surface area contributed by atoms with Crippen LogP contribution in [-0.4, -0.2) is 67.2 Å². The number of carbonyl (C=O) groups excluding carboxylic acids is 2. The van der Waals surface area contributed by atoms with Crippen LogP contribution >= 0.6 is 0 Å². The van der Waals surface area contributed by atoms with E-state index in [1.165, 1.54) is 11.1 Å². The van der Waals surface area contributed by atoms with Gasteiger partial charge in [-0.1, -0.05) is 13.8 Å². The van der Waals surface area contributed by atoms with Crippen molar-refractivity contribution >= 4 is 40.1 Å². The lowest BCUT2D eigenvalue weighted by Crippen LogP contribution is -2.28. The number of nitrogens with one attached hydrogen (secondary N) is 3. The highest BCUT2D eigenvalue weighted by Crippen LogP contribution is 2.30. The van der Waals surface area contributed by atoms with Gasteiger partial charge in [-0.15, -0.1) is 0 Å². The molecule has 1 aliphatic heterocycles. The van der Waals surface area contributed by atoms with Crippen molar-refractivity contribution in [2.24, 2.45) is 10.9 Å². The fourth-order valence-electron chi connectivity index (χ4n) is 3.92. The average Bonchev–Trinajstić information content (AvgIpc) is 3.47. The number of allylic oxidation sites excluding steroid dienone is 1. The minimum absolute atomic E-state index is 0.0377. The molecule has 0 radical (unpaired) electrons. The summed E-state index contributed by atoms with van der Waals surface area (Å²) in [6.45, 7) is 3.70. The highest BCUT2D eigenvalue weighted by Gasteiger charge is 2.22. The zero-order valence-corrected chi connectivity index (χ0v) is 19.8. The van der Waals surface area contributed by atoms with E-state index in [0.717, 1.165) is 16.6 Å². The summed E-state index contributed by atoms with van der Waals surface area (Å²) in [4.78, 5) is 47.1. The molecule has 0 saturated carbocycles. The summed E-state index contributed by atoms with van der Waals surface area (Å²) < 4.78 is 0. The van der Waals surface area contributed by atoms with E-state index < -0.39 is 0 Å². The molecule has 4 aromatic rings. The van der Waals surface area contributed by atoms with Crippen molar-refractivity contribution in [3.8, 4) is 11.5 Å². The van der Waals surface area contributed by atoms with Crippen LogP contribution in [0.2, 0.25) is 0 Å². The normalized spacial score (nSPS) is 15.6. The van der Waals surface area contributed by atoms with E-state index in [-0.39, 0.29) is 23.7 Å². The van der Waals surface area contributed by atoms with Crippen LogP contribution < -0.4 is 5.32 Å². The van der Waals surface area contributed by atoms with Gasteiger partial charge in [0, 0.05) is 62.9 Å². The van der Waals surface area contributed by atoms with Gasteiger partial charge in [0.25, 0.3) is 5.91 Å². The summed E-state index contributed by atoms with van der Waals surface area (Å²) in [6.07, 6.45) is 9.06. The Morgan fingerprint density at radius 3 is 2.80 bits per heavy atom. The Labute approximate surface area is 200 Å². The Morgan fingerprint density at radius 2 is 2.03 bits per heavy atom. The number of hydrogen-bond acceptors (Lipinski definition) is 7. The number of aromatic nitrogens is 6. The van der Waals surface area contributed by atoms with Crippen molar-refractivity contribution in [2.75, 3.05) is 14.1 Å². The standard InChI is InChI=1S/C24H25N9O2/c1-12(2)23(34)28-15-5-13(7-25-9-15)14-6-16-20(31-32-21(16)27-8-14)22-29-18-11-26-10-17(19(18)30-22)24(35)33(3)4/h6-13H,5H2,1-4H3,(H,28,34)(H,29,30)(H,27,31,32). The molecule has 1 atom stereocenters. The first-order chi connectivity index (χ1) is 16.8. The van der Waals surface area contributed by atoms with E-state index in [1.807, 2.05) is 26.1 Å². The smallest absolute Gasteiger partial charge is 0.257 e. The van der Waals surface area contributed by atoms with Gasteiger partial charge in [0.1, 0.15) is 11.2 Å². The summed E-state index contributed by atoms with van der Waals surface area (Å²) in [7, 11) is 3.38. The molecule has 0 saturated heterocycles.